The van der Waals surface area contributed by atoms with Gasteiger partial charge in [-0.05, 0) is 31.8 Å². The van der Waals surface area contributed by atoms with Gasteiger partial charge in [0.25, 0.3) is 0 Å². The molecule has 1 heterocycles. The van der Waals surface area contributed by atoms with Gasteiger partial charge in [0.05, 0.1) is 5.54 Å². The number of hydrogen-bond donors (Lipinski definition) is 2. The van der Waals surface area contributed by atoms with E-state index in [0.29, 0.717) is 0 Å². The third-order valence-corrected chi connectivity index (χ3v) is 3.61. The van der Waals surface area contributed by atoms with Crippen molar-refractivity contribution in [1.29, 1.82) is 0 Å². The molecule has 1 aliphatic rings. The maximum atomic E-state index is 6.11. The van der Waals surface area contributed by atoms with Crippen molar-refractivity contribution in [3.05, 3.63) is 12.2 Å². The Morgan fingerprint density at radius 1 is 1.36 bits per heavy atom. The first-order valence-electron chi connectivity index (χ1n) is 5.30. The Kier molecular flexibility index (Phi) is 2.37. The van der Waals surface area contributed by atoms with E-state index >= 15 is 0 Å². The molecule has 1 rings (SSSR count). The SMILES string of the molecule is C=C1C(C)(C)NC1(C(C)N)C(C)(C)C. The van der Waals surface area contributed by atoms with Crippen molar-refractivity contribution in [3.63, 3.8) is 0 Å². The summed E-state index contributed by atoms with van der Waals surface area (Å²) in [6, 6.07) is 0.0861. The first-order chi connectivity index (χ1) is 6.06. The minimum atomic E-state index is -0.115. The first-order valence-corrected chi connectivity index (χ1v) is 5.30. The highest BCUT2D eigenvalue weighted by molar-refractivity contribution is 5.43. The number of rotatable bonds is 1. The lowest BCUT2D eigenvalue weighted by Gasteiger charge is -2.65. The third-order valence-electron chi connectivity index (χ3n) is 3.61. The Bertz CT molecular complexity index is 258. The van der Waals surface area contributed by atoms with E-state index in [1.165, 1.54) is 5.57 Å². The average molecular weight is 196 g/mol. The molecule has 0 amide bonds. The fourth-order valence-electron chi connectivity index (χ4n) is 2.79. The van der Waals surface area contributed by atoms with E-state index in [0.717, 1.165) is 0 Å². The van der Waals surface area contributed by atoms with Gasteiger partial charge < -0.3 is 5.73 Å². The number of nitrogens with two attached hydrogens (primary N) is 1. The van der Waals surface area contributed by atoms with Crippen molar-refractivity contribution in [3.8, 4) is 0 Å². The molecule has 0 saturated carbocycles. The fraction of sp³-hybridized carbons (Fsp3) is 0.833. The van der Waals surface area contributed by atoms with Gasteiger partial charge in [-0.25, -0.2) is 0 Å². The summed E-state index contributed by atoms with van der Waals surface area (Å²) in [7, 11) is 0. The van der Waals surface area contributed by atoms with Crippen LogP contribution in [-0.2, 0) is 0 Å². The van der Waals surface area contributed by atoms with E-state index in [1.807, 2.05) is 0 Å². The van der Waals surface area contributed by atoms with Crippen LogP contribution in [0.15, 0.2) is 12.2 Å². The van der Waals surface area contributed by atoms with Gasteiger partial charge in [-0.15, -0.1) is 0 Å². The summed E-state index contributed by atoms with van der Waals surface area (Å²) in [4.78, 5) is 0. The van der Waals surface area contributed by atoms with Gasteiger partial charge in [-0.2, -0.15) is 0 Å². The largest absolute Gasteiger partial charge is 0.326 e. The zero-order chi connectivity index (χ0) is 11.4. The van der Waals surface area contributed by atoms with Gasteiger partial charge in [0.2, 0.25) is 0 Å². The molecule has 1 aliphatic heterocycles. The van der Waals surface area contributed by atoms with Crippen LogP contribution in [0.3, 0.4) is 0 Å². The second-order valence-corrected chi connectivity index (χ2v) is 6.08. The van der Waals surface area contributed by atoms with Crippen LogP contribution in [0.5, 0.6) is 0 Å². The molecule has 3 N–H and O–H groups in total. The van der Waals surface area contributed by atoms with Gasteiger partial charge in [0.15, 0.2) is 0 Å². The second kappa shape index (κ2) is 2.83. The van der Waals surface area contributed by atoms with Crippen molar-refractivity contribution in [2.45, 2.75) is 58.7 Å². The van der Waals surface area contributed by atoms with Gasteiger partial charge in [-0.3, -0.25) is 5.32 Å². The van der Waals surface area contributed by atoms with Gasteiger partial charge in [0, 0.05) is 11.6 Å². The molecule has 1 saturated heterocycles. The molecule has 2 nitrogen and oxygen atoms in total. The Labute approximate surface area is 87.9 Å². The molecule has 0 aromatic carbocycles. The normalized spacial score (nSPS) is 33.8. The molecule has 0 spiro atoms. The molecule has 2 heteroatoms. The molecule has 2 atom stereocenters. The Balaban J connectivity index is 3.09. The van der Waals surface area contributed by atoms with E-state index in [9.17, 15) is 0 Å². The summed E-state index contributed by atoms with van der Waals surface area (Å²) in [6.45, 7) is 17.2. The first kappa shape index (κ1) is 11.7. The predicted molar refractivity (Wildman–Crippen MR) is 62.2 cm³/mol. The molecular formula is C12H24N2. The molecule has 1 fully saturated rings. The molecule has 0 aromatic heterocycles. The second-order valence-electron chi connectivity index (χ2n) is 6.08. The summed E-state index contributed by atoms with van der Waals surface area (Å²) in [6.07, 6.45) is 0. The Morgan fingerprint density at radius 2 is 1.79 bits per heavy atom. The van der Waals surface area contributed by atoms with Crippen molar-refractivity contribution in [2.75, 3.05) is 0 Å². The molecule has 0 aliphatic carbocycles. The van der Waals surface area contributed by atoms with Crippen LogP contribution in [0.25, 0.3) is 0 Å². The zero-order valence-corrected chi connectivity index (χ0v) is 10.4. The fourth-order valence-corrected chi connectivity index (χ4v) is 2.79. The van der Waals surface area contributed by atoms with Gasteiger partial charge in [-0.1, -0.05) is 27.4 Å². The van der Waals surface area contributed by atoms with E-state index in [4.69, 9.17) is 5.73 Å². The average Bonchev–Trinajstić information content (AvgIpc) is 1.96. The molecular weight excluding hydrogens is 172 g/mol. The van der Waals surface area contributed by atoms with E-state index in [-0.39, 0.29) is 22.5 Å². The molecule has 82 valence electrons. The lowest BCUT2D eigenvalue weighted by Crippen LogP contribution is -2.81. The summed E-state index contributed by atoms with van der Waals surface area (Å²) >= 11 is 0. The summed E-state index contributed by atoms with van der Waals surface area (Å²) in [5.41, 5.74) is 7.36. The van der Waals surface area contributed by atoms with Crippen LogP contribution in [-0.4, -0.2) is 17.1 Å². The highest BCUT2D eigenvalue weighted by atomic mass is 15.2. The van der Waals surface area contributed by atoms with E-state index in [1.54, 1.807) is 0 Å². The quantitative estimate of drug-likeness (QED) is 0.630. The summed E-state index contributed by atoms with van der Waals surface area (Å²) in [5, 5.41) is 3.60. The lowest BCUT2D eigenvalue weighted by atomic mass is 9.55. The standard InChI is InChI=1S/C12H24N2/c1-8-11(6,7)14-12(8,9(2)13)10(3,4)5/h9,14H,1,13H2,2-7H3. The van der Waals surface area contributed by atoms with Crippen LogP contribution in [0.2, 0.25) is 0 Å². The van der Waals surface area contributed by atoms with Crippen molar-refractivity contribution in [1.82, 2.24) is 5.32 Å². The Morgan fingerprint density at radius 3 is 1.86 bits per heavy atom. The monoisotopic (exact) mass is 196 g/mol. The Hall–Kier alpha value is -0.340. The van der Waals surface area contributed by atoms with Gasteiger partial charge in [0.1, 0.15) is 0 Å². The highest BCUT2D eigenvalue weighted by Crippen LogP contribution is 2.50. The van der Waals surface area contributed by atoms with Crippen molar-refractivity contribution < 1.29 is 0 Å². The maximum Gasteiger partial charge on any atom is 0.0615 e. The van der Waals surface area contributed by atoms with Crippen molar-refractivity contribution in [2.24, 2.45) is 11.1 Å². The molecule has 0 bridgehead atoms. The van der Waals surface area contributed by atoms with Crippen LogP contribution in [0, 0.1) is 5.41 Å². The smallest absolute Gasteiger partial charge is 0.0615 e. The highest BCUT2D eigenvalue weighted by Gasteiger charge is 2.60. The minimum Gasteiger partial charge on any atom is -0.326 e. The number of nitrogens with one attached hydrogen (secondary N) is 1. The molecule has 2 unspecified atom stereocenters. The van der Waals surface area contributed by atoms with Gasteiger partial charge >= 0.3 is 0 Å². The minimum absolute atomic E-state index is 0.0287. The van der Waals surface area contributed by atoms with E-state index in [2.05, 4.69) is 53.4 Å². The lowest BCUT2D eigenvalue weighted by molar-refractivity contribution is 0.0397. The summed E-state index contributed by atoms with van der Waals surface area (Å²) < 4.78 is 0. The molecule has 14 heavy (non-hydrogen) atoms. The van der Waals surface area contributed by atoms with Crippen LogP contribution in [0.4, 0.5) is 0 Å². The number of hydrogen-bond acceptors (Lipinski definition) is 2. The molecule has 0 radical (unpaired) electrons. The summed E-state index contributed by atoms with van der Waals surface area (Å²) in [5.74, 6) is 0. The predicted octanol–water partition coefficient (Wildman–Crippen LogP) is 2.06. The van der Waals surface area contributed by atoms with E-state index < -0.39 is 0 Å². The van der Waals surface area contributed by atoms with Crippen LogP contribution >= 0.6 is 0 Å². The zero-order valence-electron chi connectivity index (χ0n) is 10.4. The maximum absolute atomic E-state index is 6.11. The van der Waals surface area contributed by atoms with Crippen molar-refractivity contribution >= 4 is 0 Å². The topological polar surface area (TPSA) is 38.0 Å². The van der Waals surface area contributed by atoms with Crippen LogP contribution < -0.4 is 11.1 Å². The van der Waals surface area contributed by atoms with Crippen LogP contribution in [0.1, 0.15) is 41.5 Å². The molecule has 0 aromatic rings. The third kappa shape index (κ3) is 1.24.